The van der Waals surface area contributed by atoms with Gasteiger partial charge >= 0.3 is 0 Å². The van der Waals surface area contributed by atoms with Crippen molar-refractivity contribution >= 4 is 22.2 Å². The molecule has 0 aliphatic carbocycles. The molecule has 0 unspecified atom stereocenters. The number of anilines is 1. The normalized spacial score (nSPS) is 19.9. The summed E-state index contributed by atoms with van der Waals surface area (Å²) in [4.78, 5) is 14.2. The fraction of sp³-hybridized carbons (Fsp3) is 0.571. The van der Waals surface area contributed by atoms with Gasteiger partial charge in [-0.2, -0.15) is 5.26 Å². The minimum absolute atomic E-state index is 0.00261. The number of thiophene rings is 1. The van der Waals surface area contributed by atoms with Gasteiger partial charge in [-0.25, -0.2) is 0 Å². The number of nitrogens with one attached hydrogen (secondary N) is 1. The molecule has 0 spiro atoms. The first-order valence-electron chi connectivity index (χ1n) is 6.69. The SMILES string of the molecule is C[C@@H]1CCCN(CCC(=O)Nc2sccc2C#N)C1. The Morgan fingerprint density at radius 3 is 3.26 bits per heavy atom. The molecule has 19 heavy (non-hydrogen) atoms. The van der Waals surface area contributed by atoms with Crippen LogP contribution in [0.5, 0.6) is 0 Å². The number of amides is 1. The van der Waals surface area contributed by atoms with Crippen molar-refractivity contribution in [3.05, 3.63) is 17.0 Å². The Bertz CT molecular complexity index is 477. The fourth-order valence-electron chi connectivity index (χ4n) is 2.43. The first-order valence-corrected chi connectivity index (χ1v) is 7.57. The standard InChI is InChI=1S/C14H19N3OS/c1-11-3-2-6-17(10-11)7-4-13(18)16-14-12(9-15)5-8-19-14/h5,8,11H,2-4,6-7,10H2,1H3,(H,16,18)/t11-/m1/s1. The van der Waals surface area contributed by atoms with E-state index in [2.05, 4.69) is 23.2 Å². The highest BCUT2D eigenvalue weighted by Crippen LogP contribution is 2.22. The molecule has 0 saturated carbocycles. The van der Waals surface area contributed by atoms with E-state index in [1.54, 1.807) is 6.07 Å². The Morgan fingerprint density at radius 1 is 1.68 bits per heavy atom. The molecule has 0 aromatic carbocycles. The molecule has 1 aromatic rings. The number of nitrogens with zero attached hydrogens (tertiary/aromatic N) is 2. The van der Waals surface area contributed by atoms with Gasteiger partial charge in [-0.15, -0.1) is 11.3 Å². The van der Waals surface area contributed by atoms with Gasteiger partial charge in [0.05, 0.1) is 5.56 Å². The second-order valence-electron chi connectivity index (χ2n) is 5.12. The van der Waals surface area contributed by atoms with Crippen molar-refractivity contribution in [3.63, 3.8) is 0 Å². The number of likely N-dealkylation sites (tertiary alicyclic amines) is 1. The van der Waals surface area contributed by atoms with E-state index in [1.165, 1.54) is 24.2 Å². The molecule has 1 N–H and O–H groups in total. The van der Waals surface area contributed by atoms with E-state index >= 15 is 0 Å². The lowest BCUT2D eigenvalue weighted by Crippen LogP contribution is -2.36. The minimum Gasteiger partial charge on any atom is -0.317 e. The van der Waals surface area contributed by atoms with Crippen molar-refractivity contribution in [2.75, 3.05) is 25.0 Å². The van der Waals surface area contributed by atoms with Gasteiger partial charge in [0, 0.05) is 19.5 Å². The molecule has 1 aromatic heterocycles. The van der Waals surface area contributed by atoms with Crippen LogP contribution in [0.2, 0.25) is 0 Å². The number of hydrogen-bond acceptors (Lipinski definition) is 4. The van der Waals surface area contributed by atoms with E-state index in [4.69, 9.17) is 5.26 Å². The van der Waals surface area contributed by atoms with E-state index in [0.29, 0.717) is 17.0 Å². The Labute approximate surface area is 118 Å². The lowest BCUT2D eigenvalue weighted by Gasteiger charge is -2.30. The maximum absolute atomic E-state index is 11.9. The highest BCUT2D eigenvalue weighted by atomic mass is 32.1. The van der Waals surface area contributed by atoms with Gasteiger partial charge < -0.3 is 10.2 Å². The predicted octanol–water partition coefficient (Wildman–Crippen LogP) is 2.68. The second kappa shape index (κ2) is 6.69. The van der Waals surface area contributed by atoms with Crippen molar-refractivity contribution in [1.82, 2.24) is 4.90 Å². The van der Waals surface area contributed by atoms with Crippen LogP contribution in [-0.2, 0) is 4.79 Å². The van der Waals surface area contributed by atoms with Crippen LogP contribution in [0.1, 0.15) is 31.7 Å². The number of carbonyl (C=O) groups is 1. The van der Waals surface area contributed by atoms with Gasteiger partial charge in [-0.1, -0.05) is 6.92 Å². The van der Waals surface area contributed by atoms with Crippen molar-refractivity contribution in [3.8, 4) is 6.07 Å². The monoisotopic (exact) mass is 277 g/mol. The highest BCUT2D eigenvalue weighted by Gasteiger charge is 2.17. The maximum Gasteiger partial charge on any atom is 0.226 e. The summed E-state index contributed by atoms with van der Waals surface area (Å²) in [6.07, 6.45) is 3.02. The lowest BCUT2D eigenvalue weighted by molar-refractivity contribution is -0.116. The van der Waals surface area contributed by atoms with E-state index in [9.17, 15) is 4.79 Å². The number of hydrogen-bond donors (Lipinski definition) is 1. The molecular weight excluding hydrogens is 258 g/mol. The fourth-order valence-corrected chi connectivity index (χ4v) is 3.19. The molecule has 1 aliphatic heterocycles. The third-order valence-corrected chi connectivity index (χ3v) is 4.26. The highest BCUT2D eigenvalue weighted by molar-refractivity contribution is 7.14. The van der Waals surface area contributed by atoms with Gasteiger partial charge in [0.2, 0.25) is 5.91 Å². The minimum atomic E-state index is -0.00261. The van der Waals surface area contributed by atoms with Gasteiger partial charge in [-0.05, 0) is 36.8 Å². The van der Waals surface area contributed by atoms with Crippen LogP contribution in [0, 0.1) is 17.2 Å². The van der Waals surface area contributed by atoms with Crippen molar-refractivity contribution in [2.45, 2.75) is 26.2 Å². The quantitative estimate of drug-likeness (QED) is 0.920. The molecule has 5 heteroatoms. The van der Waals surface area contributed by atoms with Crippen LogP contribution in [0.4, 0.5) is 5.00 Å². The van der Waals surface area contributed by atoms with Gasteiger partial charge in [0.25, 0.3) is 0 Å². The summed E-state index contributed by atoms with van der Waals surface area (Å²) < 4.78 is 0. The van der Waals surface area contributed by atoms with Crippen molar-refractivity contribution < 1.29 is 4.79 Å². The molecule has 102 valence electrons. The van der Waals surface area contributed by atoms with Gasteiger partial charge in [0.15, 0.2) is 0 Å². The van der Waals surface area contributed by atoms with Crippen molar-refractivity contribution in [2.24, 2.45) is 5.92 Å². The van der Waals surface area contributed by atoms with Crippen LogP contribution in [-0.4, -0.2) is 30.4 Å². The average Bonchev–Trinajstić information content (AvgIpc) is 2.84. The predicted molar refractivity (Wildman–Crippen MR) is 77.1 cm³/mol. The van der Waals surface area contributed by atoms with Crippen LogP contribution >= 0.6 is 11.3 Å². The maximum atomic E-state index is 11.9. The van der Waals surface area contributed by atoms with Gasteiger partial charge in [-0.3, -0.25) is 4.79 Å². The largest absolute Gasteiger partial charge is 0.317 e. The summed E-state index contributed by atoms with van der Waals surface area (Å²) in [5.41, 5.74) is 0.546. The summed E-state index contributed by atoms with van der Waals surface area (Å²) in [5.74, 6) is 0.733. The van der Waals surface area contributed by atoms with E-state index in [-0.39, 0.29) is 5.91 Å². The molecule has 2 rings (SSSR count). The van der Waals surface area contributed by atoms with E-state index in [0.717, 1.165) is 25.6 Å². The Hall–Kier alpha value is -1.38. The molecule has 1 fully saturated rings. The van der Waals surface area contributed by atoms with Crippen LogP contribution in [0.15, 0.2) is 11.4 Å². The summed E-state index contributed by atoms with van der Waals surface area (Å²) in [5, 5.41) is 14.2. The number of piperidine rings is 1. The van der Waals surface area contributed by atoms with E-state index < -0.39 is 0 Å². The van der Waals surface area contributed by atoms with Crippen molar-refractivity contribution in [1.29, 1.82) is 5.26 Å². The zero-order valence-corrected chi connectivity index (χ0v) is 12.0. The second-order valence-corrected chi connectivity index (χ2v) is 6.04. The third kappa shape index (κ3) is 4.05. The first kappa shape index (κ1) is 14.0. The molecule has 2 heterocycles. The Kier molecular flexibility index (Phi) is 4.94. The summed E-state index contributed by atoms with van der Waals surface area (Å²) in [6.45, 7) is 5.26. The smallest absolute Gasteiger partial charge is 0.226 e. The van der Waals surface area contributed by atoms with Crippen LogP contribution < -0.4 is 5.32 Å². The first-order chi connectivity index (χ1) is 9.19. The van der Waals surface area contributed by atoms with Crippen LogP contribution in [0.25, 0.3) is 0 Å². The number of carbonyl (C=O) groups excluding carboxylic acids is 1. The zero-order chi connectivity index (χ0) is 13.7. The lowest BCUT2D eigenvalue weighted by atomic mass is 10.0. The summed E-state index contributed by atoms with van der Waals surface area (Å²) >= 11 is 1.40. The summed E-state index contributed by atoms with van der Waals surface area (Å²) in [6, 6.07) is 3.81. The van der Waals surface area contributed by atoms with E-state index in [1.807, 2.05) is 5.38 Å². The third-order valence-electron chi connectivity index (χ3n) is 3.43. The molecule has 1 saturated heterocycles. The Balaban J connectivity index is 1.77. The Morgan fingerprint density at radius 2 is 2.53 bits per heavy atom. The molecule has 0 bridgehead atoms. The molecule has 1 atom stereocenters. The average molecular weight is 277 g/mol. The molecule has 4 nitrogen and oxygen atoms in total. The van der Waals surface area contributed by atoms with Crippen LogP contribution in [0.3, 0.4) is 0 Å². The van der Waals surface area contributed by atoms with Gasteiger partial charge in [0.1, 0.15) is 11.1 Å². The topological polar surface area (TPSA) is 56.1 Å². The number of nitriles is 1. The zero-order valence-electron chi connectivity index (χ0n) is 11.2. The summed E-state index contributed by atoms with van der Waals surface area (Å²) in [7, 11) is 0. The molecule has 0 radical (unpaired) electrons. The molecule has 1 aliphatic rings. The number of rotatable bonds is 4. The molecule has 1 amide bonds. The molecular formula is C14H19N3OS.